The summed E-state index contributed by atoms with van der Waals surface area (Å²) in [6.07, 6.45) is 0.773. The Balaban J connectivity index is 2.21. The number of carbonyl (C=O) groups is 1. The maximum atomic E-state index is 11.5. The molecule has 0 aliphatic carbocycles. The summed E-state index contributed by atoms with van der Waals surface area (Å²) in [7, 11) is 0. The van der Waals surface area contributed by atoms with Crippen molar-refractivity contribution in [2.75, 3.05) is 13.2 Å². The van der Waals surface area contributed by atoms with E-state index in [1.54, 1.807) is 6.92 Å². The van der Waals surface area contributed by atoms with Crippen LogP contribution < -0.4 is 0 Å². The maximum Gasteiger partial charge on any atom is 0.333 e. The molecule has 126 valence electrons. The van der Waals surface area contributed by atoms with Crippen molar-refractivity contribution in [3.8, 4) is 0 Å². The van der Waals surface area contributed by atoms with Crippen LogP contribution in [0.15, 0.2) is 72.8 Å². The number of carbonyl (C=O) groups excluding carboxylic acids is 1. The molecule has 0 amide bonds. The van der Waals surface area contributed by atoms with Crippen molar-refractivity contribution >= 4 is 5.97 Å². The van der Waals surface area contributed by atoms with E-state index in [9.17, 15) is 4.79 Å². The number of esters is 1. The van der Waals surface area contributed by atoms with Crippen LogP contribution in [0.25, 0.3) is 0 Å². The average Bonchev–Trinajstić information content (AvgIpc) is 2.63. The molecule has 0 radical (unpaired) electrons. The highest BCUT2D eigenvalue weighted by atomic mass is 16.6. The van der Waals surface area contributed by atoms with Crippen LogP contribution in [0.5, 0.6) is 0 Å². The van der Waals surface area contributed by atoms with Gasteiger partial charge in [0.15, 0.2) is 0 Å². The van der Waals surface area contributed by atoms with Crippen molar-refractivity contribution in [3.05, 3.63) is 83.9 Å². The second kappa shape index (κ2) is 8.46. The molecule has 2 aromatic carbocycles. The molecule has 24 heavy (non-hydrogen) atoms. The first-order valence-electron chi connectivity index (χ1n) is 8.18. The Hall–Kier alpha value is -2.39. The summed E-state index contributed by atoms with van der Waals surface area (Å²) in [5, 5.41) is 0. The summed E-state index contributed by atoms with van der Waals surface area (Å²) in [6.45, 7) is 7.83. The highest BCUT2D eigenvalue weighted by Crippen LogP contribution is 2.36. The molecular formula is C21H24O3. The van der Waals surface area contributed by atoms with Gasteiger partial charge in [-0.3, -0.25) is 0 Å². The van der Waals surface area contributed by atoms with Crippen LogP contribution >= 0.6 is 0 Å². The largest absolute Gasteiger partial charge is 0.460 e. The second-order valence-electron chi connectivity index (χ2n) is 5.68. The van der Waals surface area contributed by atoms with E-state index in [1.165, 1.54) is 0 Å². The topological polar surface area (TPSA) is 35.5 Å². The normalized spacial score (nSPS) is 11.1. The lowest BCUT2D eigenvalue weighted by Crippen LogP contribution is -2.32. The molecule has 0 heterocycles. The zero-order chi connectivity index (χ0) is 17.4. The van der Waals surface area contributed by atoms with Crippen molar-refractivity contribution in [3.63, 3.8) is 0 Å². The smallest absolute Gasteiger partial charge is 0.333 e. The number of hydrogen-bond acceptors (Lipinski definition) is 3. The minimum absolute atomic E-state index is 0.201. The van der Waals surface area contributed by atoms with Gasteiger partial charge in [0.1, 0.15) is 12.2 Å². The van der Waals surface area contributed by atoms with Crippen LogP contribution in [0.4, 0.5) is 0 Å². The predicted molar refractivity (Wildman–Crippen MR) is 95.7 cm³/mol. The van der Waals surface area contributed by atoms with Gasteiger partial charge in [0.2, 0.25) is 0 Å². The van der Waals surface area contributed by atoms with Gasteiger partial charge in [-0.2, -0.15) is 0 Å². The molecule has 0 saturated carbocycles. The van der Waals surface area contributed by atoms with Gasteiger partial charge in [0.25, 0.3) is 0 Å². The first kappa shape index (κ1) is 18.0. The van der Waals surface area contributed by atoms with E-state index in [0.29, 0.717) is 12.2 Å². The minimum Gasteiger partial charge on any atom is -0.460 e. The Morgan fingerprint density at radius 1 is 0.958 bits per heavy atom. The van der Waals surface area contributed by atoms with E-state index in [4.69, 9.17) is 9.47 Å². The SMILES string of the molecule is C=C(C)C(=O)OCCOC(CC)(c1ccccc1)c1ccccc1. The van der Waals surface area contributed by atoms with Gasteiger partial charge in [0.05, 0.1) is 6.61 Å². The van der Waals surface area contributed by atoms with Crippen molar-refractivity contribution < 1.29 is 14.3 Å². The van der Waals surface area contributed by atoms with E-state index in [0.717, 1.165) is 17.5 Å². The van der Waals surface area contributed by atoms with E-state index in [-0.39, 0.29) is 12.6 Å². The van der Waals surface area contributed by atoms with Crippen molar-refractivity contribution in [2.45, 2.75) is 25.9 Å². The average molecular weight is 324 g/mol. The highest BCUT2D eigenvalue weighted by molar-refractivity contribution is 5.86. The molecule has 0 N–H and O–H groups in total. The third kappa shape index (κ3) is 4.12. The number of hydrogen-bond donors (Lipinski definition) is 0. The standard InChI is InChI=1S/C21H24O3/c1-4-21(18-11-7-5-8-12-18,19-13-9-6-10-14-19)24-16-15-23-20(22)17(2)3/h5-14H,2,4,15-16H2,1,3H3. The molecule has 0 atom stereocenters. The van der Waals surface area contributed by atoms with Gasteiger partial charge < -0.3 is 9.47 Å². The molecule has 2 rings (SSSR count). The van der Waals surface area contributed by atoms with Gasteiger partial charge in [-0.1, -0.05) is 74.2 Å². The van der Waals surface area contributed by atoms with Crippen LogP contribution in [0.1, 0.15) is 31.4 Å². The summed E-state index contributed by atoms with van der Waals surface area (Å²) in [4.78, 5) is 11.5. The van der Waals surface area contributed by atoms with Gasteiger partial charge in [0, 0.05) is 5.57 Å². The summed E-state index contributed by atoms with van der Waals surface area (Å²) >= 11 is 0. The quantitative estimate of drug-likeness (QED) is 0.408. The lowest BCUT2D eigenvalue weighted by atomic mass is 9.84. The van der Waals surface area contributed by atoms with Crippen LogP contribution in [0.2, 0.25) is 0 Å². The predicted octanol–water partition coefficient (Wildman–Crippen LogP) is 4.48. The molecule has 0 aromatic heterocycles. The van der Waals surface area contributed by atoms with Gasteiger partial charge in [-0.15, -0.1) is 0 Å². The molecule has 3 nitrogen and oxygen atoms in total. The highest BCUT2D eigenvalue weighted by Gasteiger charge is 2.33. The fourth-order valence-corrected chi connectivity index (χ4v) is 2.73. The Morgan fingerprint density at radius 3 is 1.88 bits per heavy atom. The number of benzene rings is 2. The van der Waals surface area contributed by atoms with Crippen molar-refractivity contribution in [1.29, 1.82) is 0 Å². The molecule has 0 aliphatic heterocycles. The molecule has 0 spiro atoms. The lowest BCUT2D eigenvalue weighted by Gasteiger charge is -2.34. The third-order valence-electron chi connectivity index (χ3n) is 3.99. The summed E-state index contributed by atoms with van der Waals surface area (Å²) < 4.78 is 11.4. The van der Waals surface area contributed by atoms with Gasteiger partial charge in [-0.05, 0) is 24.5 Å². The maximum absolute atomic E-state index is 11.5. The van der Waals surface area contributed by atoms with Crippen molar-refractivity contribution in [1.82, 2.24) is 0 Å². The van der Waals surface area contributed by atoms with E-state index < -0.39 is 5.60 Å². The van der Waals surface area contributed by atoms with E-state index >= 15 is 0 Å². The van der Waals surface area contributed by atoms with Crippen LogP contribution in [-0.2, 0) is 19.9 Å². The van der Waals surface area contributed by atoms with Crippen LogP contribution in [0, 0.1) is 0 Å². The number of rotatable bonds is 8. The summed E-state index contributed by atoms with van der Waals surface area (Å²) in [5.41, 5.74) is 2.01. The summed E-state index contributed by atoms with van der Waals surface area (Å²) in [5.74, 6) is -0.389. The van der Waals surface area contributed by atoms with Crippen LogP contribution in [-0.4, -0.2) is 19.2 Å². The zero-order valence-electron chi connectivity index (χ0n) is 14.3. The first-order valence-corrected chi connectivity index (χ1v) is 8.18. The fourth-order valence-electron chi connectivity index (χ4n) is 2.73. The first-order chi connectivity index (χ1) is 11.6. The van der Waals surface area contributed by atoms with Crippen LogP contribution in [0.3, 0.4) is 0 Å². The van der Waals surface area contributed by atoms with Gasteiger partial charge >= 0.3 is 5.97 Å². The second-order valence-corrected chi connectivity index (χ2v) is 5.68. The molecule has 0 unspecified atom stereocenters. The van der Waals surface area contributed by atoms with Crippen molar-refractivity contribution in [2.24, 2.45) is 0 Å². The molecular weight excluding hydrogens is 300 g/mol. The monoisotopic (exact) mass is 324 g/mol. The molecule has 0 fully saturated rings. The fraction of sp³-hybridized carbons (Fsp3) is 0.286. The molecule has 2 aromatic rings. The minimum atomic E-state index is -0.557. The summed E-state index contributed by atoms with van der Waals surface area (Å²) in [6, 6.07) is 20.3. The third-order valence-corrected chi connectivity index (χ3v) is 3.99. The number of ether oxygens (including phenoxy) is 2. The zero-order valence-corrected chi connectivity index (χ0v) is 14.3. The molecule has 0 saturated heterocycles. The molecule has 0 aliphatic rings. The molecule has 3 heteroatoms. The van der Waals surface area contributed by atoms with Gasteiger partial charge in [-0.25, -0.2) is 4.79 Å². The van der Waals surface area contributed by atoms with E-state index in [2.05, 4.69) is 37.8 Å². The lowest BCUT2D eigenvalue weighted by molar-refractivity contribution is -0.142. The Labute approximate surface area is 143 Å². The Morgan fingerprint density at radius 2 is 1.46 bits per heavy atom. The molecule has 0 bridgehead atoms. The van der Waals surface area contributed by atoms with E-state index in [1.807, 2.05) is 36.4 Å². The Kier molecular flexibility index (Phi) is 6.33. The Bertz CT molecular complexity index is 622.